The van der Waals surface area contributed by atoms with Crippen molar-refractivity contribution in [1.82, 2.24) is 0 Å². The third-order valence-electron chi connectivity index (χ3n) is 3.64. The summed E-state index contributed by atoms with van der Waals surface area (Å²) in [7, 11) is 2.86. The molecule has 0 radical (unpaired) electrons. The van der Waals surface area contributed by atoms with Gasteiger partial charge in [-0.15, -0.1) is 0 Å². The maximum atomic E-state index is 10.3. The summed E-state index contributed by atoms with van der Waals surface area (Å²) >= 11 is 0. The lowest BCUT2D eigenvalue weighted by Crippen LogP contribution is -2.52. The fourth-order valence-corrected chi connectivity index (χ4v) is 2.91. The Labute approximate surface area is 100 Å². The molecule has 1 aliphatic heterocycles. The Bertz CT molecular complexity index is 288. The lowest BCUT2D eigenvalue weighted by atomic mass is 10.0. The summed E-state index contributed by atoms with van der Waals surface area (Å²) in [5.74, 6) is -2.53. The number of aliphatic hydroxyl groups excluding tert-OH is 2. The van der Waals surface area contributed by atoms with Gasteiger partial charge in [0.25, 0.3) is 0 Å². The molecule has 0 aromatic heterocycles. The lowest BCUT2D eigenvalue weighted by Gasteiger charge is -2.37. The van der Waals surface area contributed by atoms with Gasteiger partial charge in [-0.3, -0.25) is 0 Å². The Balaban J connectivity index is 2.32. The summed E-state index contributed by atoms with van der Waals surface area (Å²) < 4.78 is 21.9. The second-order valence-electron chi connectivity index (χ2n) is 4.93. The molecule has 0 bridgehead atoms. The Hall–Kier alpha value is -0.240. The monoisotopic (exact) mass is 248 g/mol. The lowest BCUT2D eigenvalue weighted by molar-refractivity contribution is -0.302. The molecule has 4 atom stereocenters. The van der Waals surface area contributed by atoms with Gasteiger partial charge >= 0.3 is 0 Å². The fraction of sp³-hybridized carbons (Fsp3) is 1.00. The highest BCUT2D eigenvalue weighted by Crippen LogP contribution is 2.48. The molecule has 0 amide bonds. The number of aliphatic hydroxyl groups is 2. The zero-order valence-electron chi connectivity index (χ0n) is 10.5. The SMILES string of the molecule is COC1(OC)[C@H](O)[C@@H]2OC(C)(C)O[C@@H]2[C@@H]1CO. The van der Waals surface area contributed by atoms with Crippen molar-refractivity contribution in [3.63, 3.8) is 0 Å². The largest absolute Gasteiger partial charge is 0.396 e. The van der Waals surface area contributed by atoms with Crippen molar-refractivity contribution in [3.05, 3.63) is 0 Å². The number of methoxy groups -OCH3 is 2. The fourth-order valence-electron chi connectivity index (χ4n) is 2.91. The third-order valence-corrected chi connectivity index (χ3v) is 3.64. The van der Waals surface area contributed by atoms with E-state index in [0.29, 0.717) is 0 Å². The van der Waals surface area contributed by atoms with Crippen molar-refractivity contribution in [2.75, 3.05) is 20.8 Å². The highest BCUT2D eigenvalue weighted by Gasteiger charge is 2.67. The van der Waals surface area contributed by atoms with Crippen molar-refractivity contribution in [1.29, 1.82) is 0 Å². The average molecular weight is 248 g/mol. The first kappa shape index (κ1) is 13.2. The molecule has 0 aromatic carbocycles. The molecule has 6 heteroatoms. The van der Waals surface area contributed by atoms with Gasteiger partial charge in [0, 0.05) is 14.2 Å². The molecular formula is C11H20O6. The first-order valence-corrected chi connectivity index (χ1v) is 5.66. The van der Waals surface area contributed by atoms with Gasteiger partial charge in [-0.25, -0.2) is 0 Å². The number of fused-ring (bicyclic) bond motifs is 1. The standard InChI is InChI=1S/C11H20O6/c1-10(2)16-7-6(5-12)11(14-3,15-4)9(13)8(7)17-10/h6-9,12-13H,5H2,1-4H3/t6-,7+,8+,9+/m0/s1. The molecule has 1 heterocycles. The van der Waals surface area contributed by atoms with Crippen molar-refractivity contribution in [2.24, 2.45) is 5.92 Å². The zero-order chi connectivity index (χ0) is 12.8. The molecular weight excluding hydrogens is 228 g/mol. The molecule has 2 N–H and O–H groups in total. The van der Waals surface area contributed by atoms with Crippen LogP contribution in [-0.4, -0.2) is 60.9 Å². The van der Waals surface area contributed by atoms with E-state index < -0.39 is 35.8 Å². The number of rotatable bonds is 3. The van der Waals surface area contributed by atoms with E-state index in [4.69, 9.17) is 18.9 Å². The molecule has 2 aliphatic rings. The van der Waals surface area contributed by atoms with Crippen LogP contribution >= 0.6 is 0 Å². The van der Waals surface area contributed by atoms with Crippen LogP contribution in [0.2, 0.25) is 0 Å². The van der Waals surface area contributed by atoms with Crippen LogP contribution < -0.4 is 0 Å². The van der Waals surface area contributed by atoms with Crippen LogP contribution in [-0.2, 0) is 18.9 Å². The number of ether oxygens (including phenoxy) is 4. The molecule has 1 aliphatic carbocycles. The topological polar surface area (TPSA) is 77.4 Å². The van der Waals surface area contributed by atoms with Gasteiger partial charge in [0.1, 0.15) is 18.3 Å². The average Bonchev–Trinajstić information content (AvgIpc) is 2.69. The van der Waals surface area contributed by atoms with Crippen molar-refractivity contribution in [2.45, 2.75) is 43.7 Å². The molecule has 1 saturated heterocycles. The Morgan fingerprint density at radius 1 is 1.12 bits per heavy atom. The molecule has 0 aromatic rings. The van der Waals surface area contributed by atoms with Gasteiger partial charge in [0.05, 0.1) is 12.5 Å². The van der Waals surface area contributed by atoms with Crippen LogP contribution in [0.5, 0.6) is 0 Å². The van der Waals surface area contributed by atoms with Crippen LogP contribution in [0.4, 0.5) is 0 Å². The van der Waals surface area contributed by atoms with E-state index in [0.717, 1.165) is 0 Å². The molecule has 100 valence electrons. The van der Waals surface area contributed by atoms with Crippen LogP contribution in [0.1, 0.15) is 13.8 Å². The summed E-state index contributed by atoms with van der Waals surface area (Å²) in [6.45, 7) is 3.33. The molecule has 6 nitrogen and oxygen atoms in total. The van der Waals surface area contributed by atoms with Gasteiger partial charge in [0.15, 0.2) is 5.79 Å². The van der Waals surface area contributed by atoms with Crippen molar-refractivity contribution in [3.8, 4) is 0 Å². The number of hydrogen-bond acceptors (Lipinski definition) is 6. The van der Waals surface area contributed by atoms with Crippen LogP contribution in [0.3, 0.4) is 0 Å². The Morgan fingerprint density at radius 3 is 2.12 bits per heavy atom. The summed E-state index contributed by atoms with van der Waals surface area (Å²) in [4.78, 5) is 0. The zero-order valence-corrected chi connectivity index (χ0v) is 10.5. The maximum Gasteiger partial charge on any atom is 0.204 e. The van der Waals surface area contributed by atoms with Gasteiger partial charge in [-0.2, -0.15) is 0 Å². The smallest absolute Gasteiger partial charge is 0.204 e. The molecule has 1 saturated carbocycles. The van der Waals surface area contributed by atoms with Crippen LogP contribution in [0, 0.1) is 5.92 Å². The van der Waals surface area contributed by atoms with Crippen LogP contribution in [0.25, 0.3) is 0 Å². The summed E-state index contributed by atoms with van der Waals surface area (Å²) in [5, 5.41) is 19.8. The molecule has 2 rings (SSSR count). The van der Waals surface area contributed by atoms with Crippen molar-refractivity contribution >= 4 is 0 Å². The van der Waals surface area contributed by atoms with Gasteiger partial charge in [-0.1, -0.05) is 0 Å². The van der Waals surface area contributed by atoms with Gasteiger partial charge in [-0.05, 0) is 13.8 Å². The molecule has 2 fully saturated rings. The highest BCUT2D eigenvalue weighted by molar-refractivity contribution is 5.09. The molecule has 0 unspecified atom stereocenters. The molecule has 0 spiro atoms. The first-order chi connectivity index (χ1) is 7.91. The molecule has 17 heavy (non-hydrogen) atoms. The van der Waals surface area contributed by atoms with Crippen LogP contribution in [0.15, 0.2) is 0 Å². The minimum atomic E-state index is -1.28. The quantitative estimate of drug-likeness (QED) is 0.654. The minimum Gasteiger partial charge on any atom is -0.396 e. The van der Waals surface area contributed by atoms with Gasteiger partial charge < -0.3 is 29.2 Å². The van der Waals surface area contributed by atoms with E-state index >= 15 is 0 Å². The summed E-state index contributed by atoms with van der Waals surface area (Å²) in [6.07, 6.45) is -1.99. The first-order valence-electron chi connectivity index (χ1n) is 5.66. The van der Waals surface area contributed by atoms with E-state index in [9.17, 15) is 10.2 Å². The van der Waals surface area contributed by atoms with E-state index in [1.807, 2.05) is 0 Å². The van der Waals surface area contributed by atoms with E-state index in [1.54, 1.807) is 13.8 Å². The Morgan fingerprint density at radius 2 is 1.65 bits per heavy atom. The van der Waals surface area contributed by atoms with E-state index in [2.05, 4.69) is 0 Å². The third kappa shape index (κ3) is 1.71. The highest BCUT2D eigenvalue weighted by atomic mass is 16.8. The van der Waals surface area contributed by atoms with E-state index in [1.165, 1.54) is 14.2 Å². The Kier molecular flexibility index (Phi) is 3.22. The number of hydrogen-bond donors (Lipinski definition) is 2. The second-order valence-corrected chi connectivity index (χ2v) is 4.93. The van der Waals surface area contributed by atoms with Gasteiger partial charge in [0.2, 0.25) is 5.79 Å². The summed E-state index contributed by atoms with van der Waals surface area (Å²) in [5.41, 5.74) is 0. The predicted octanol–water partition coefficient (Wildman–Crippen LogP) is -0.521. The minimum absolute atomic E-state index is 0.209. The predicted molar refractivity (Wildman–Crippen MR) is 57.2 cm³/mol. The maximum absolute atomic E-state index is 10.3. The second kappa shape index (κ2) is 4.15. The van der Waals surface area contributed by atoms with E-state index in [-0.39, 0.29) is 6.61 Å². The summed E-state index contributed by atoms with van der Waals surface area (Å²) in [6, 6.07) is 0. The normalized spacial score (nSPS) is 42.7. The van der Waals surface area contributed by atoms with Crippen molar-refractivity contribution < 1.29 is 29.2 Å².